The number of piperazine rings is 1. The van der Waals surface area contributed by atoms with Crippen molar-refractivity contribution in [3.8, 4) is 0 Å². The summed E-state index contributed by atoms with van der Waals surface area (Å²) in [7, 11) is 0. The van der Waals surface area contributed by atoms with Crippen molar-refractivity contribution >= 4 is 17.5 Å². The van der Waals surface area contributed by atoms with Crippen LogP contribution in [-0.4, -0.2) is 54.3 Å². The lowest BCUT2D eigenvalue weighted by atomic mass is 10.1. The number of rotatable bonds is 5. The van der Waals surface area contributed by atoms with E-state index in [0.29, 0.717) is 16.8 Å². The largest absolute Gasteiger partial charge is 0.416 e. The number of imide groups is 1. The summed E-state index contributed by atoms with van der Waals surface area (Å²) in [5, 5.41) is 0. The van der Waals surface area contributed by atoms with Gasteiger partial charge in [-0.2, -0.15) is 13.2 Å². The van der Waals surface area contributed by atoms with Gasteiger partial charge in [0.2, 0.25) is 0 Å². The number of carbonyl (C=O) groups excluding carboxylic acids is 2. The Hall–Kier alpha value is -3.13. The zero-order valence-corrected chi connectivity index (χ0v) is 18.7. The van der Waals surface area contributed by atoms with Crippen LogP contribution in [0.4, 0.5) is 18.9 Å². The fourth-order valence-electron chi connectivity index (χ4n) is 4.34. The van der Waals surface area contributed by atoms with Crippen LogP contribution in [-0.2, 0) is 12.7 Å². The Morgan fingerprint density at radius 2 is 1.70 bits per heavy atom. The highest BCUT2D eigenvalue weighted by atomic mass is 19.4. The Labute approximate surface area is 191 Å². The Kier molecular flexibility index (Phi) is 6.30. The lowest BCUT2D eigenvalue weighted by Crippen LogP contribution is -2.47. The number of hydrogen-bond donors (Lipinski definition) is 0. The average Bonchev–Trinajstić information content (AvgIpc) is 3.04. The molecule has 0 bridgehead atoms. The summed E-state index contributed by atoms with van der Waals surface area (Å²) in [6.45, 7) is 7.94. The van der Waals surface area contributed by atoms with E-state index in [4.69, 9.17) is 0 Å². The van der Waals surface area contributed by atoms with Gasteiger partial charge in [0.15, 0.2) is 0 Å². The average molecular weight is 457 g/mol. The highest BCUT2D eigenvalue weighted by Gasteiger charge is 2.39. The molecule has 0 atom stereocenters. The summed E-state index contributed by atoms with van der Waals surface area (Å²) in [5.74, 6) is -0.938. The quantitative estimate of drug-likeness (QED) is 0.487. The highest BCUT2D eigenvalue weighted by Crippen LogP contribution is 2.34. The zero-order valence-electron chi connectivity index (χ0n) is 18.7. The SMILES string of the molecule is CC=C(C)CN1CCN(c2cccc3c2C(=O)N(Cc2cccc(C(F)(F)F)c2)C3=O)CC1. The number of anilines is 1. The fraction of sp³-hybridized carbons (Fsp3) is 0.360. The van der Waals surface area contributed by atoms with Crippen molar-refractivity contribution in [3.05, 3.63) is 76.4 Å². The number of fused-ring (bicyclic) bond motifs is 1. The number of nitrogens with zero attached hydrogens (tertiary/aromatic N) is 3. The van der Waals surface area contributed by atoms with Crippen molar-refractivity contribution in [1.29, 1.82) is 0 Å². The van der Waals surface area contributed by atoms with Crippen molar-refractivity contribution < 1.29 is 22.8 Å². The summed E-state index contributed by atoms with van der Waals surface area (Å²) in [4.78, 5) is 31.7. The van der Waals surface area contributed by atoms with Gasteiger partial charge in [-0.3, -0.25) is 19.4 Å². The minimum Gasteiger partial charge on any atom is -0.368 e. The van der Waals surface area contributed by atoms with Crippen LogP contribution in [0.2, 0.25) is 0 Å². The maximum atomic E-state index is 13.2. The molecule has 0 spiro atoms. The molecule has 1 fully saturated rings. The first-order valence-corrected chi connectivity index (χ1v) is 10.9. The van der Waals surface area contributed by atoms with Crippen LogP contribution in [0, 0.1) is 0 Å². The topological polar surface area (TPSA) is 43.9 Å². The number of alkyl halides is 3. The van der Waals surface area contributed by atoms with Gasteiger partial charge in [0.25, 0.3) is 11.8 Å². The van der Waals surface area contributed by atoms with Crippen LogP contribution in [0.1, 0.15) is 45.7 Å². The maximum absolute atomic E-state index is 13.2. The number of allylic oxidation sites excluding steroid dienone is 1. The molecular weight excluding hydrogens is 431 g/mol. The number of amides is 2. The van der Waals surface area contributed by atoms with E-state index in [0.717, 1.165) is 49.8 Å². The molecule has 2 aromatic carbocycles. The van der Waals surface area contributed by atoms with Crippen LogP contribution >= 0.6 is 0 Å². The summed E-state index contributed by atoms with van der Waals surface area (Å²) in [6.07, 6.45) is -2.39. The normalized spacial score (nSPS) is 17.7. The van der Waals surface area contributed by atoms with Crippen LogP contribution in [0.25, 0.3) is 0 Å². The van der Waals surface area contributed by atoms with Gasteiger partial charge in [0.1, 0.15) is 0 Å². The molecular formula is C25H26F3N3O2. The minimum absolute atomic E-state index is 0.202. The predicted molar refractivity (Wildman–Crippen MR) is 120 cm³/mol. The Balaban J connectivity index is 1.54. The van der Waals surface area contributed by atoms with Gasteiger partial charge in [0.05, 0.1) is 28.9 Å². The minimum atomic E-state index is -4.49. The van der Waals surface area contributed by atoms with Crippen LogP contribution in [0.3, 0.4) is 0 Å². The van der Waals surface area contributed by atoms with Crippen molar-refractivity contribution in [2.75, 3.05) is 37.6 Å². The molecule has 5 nitrogen and oxygen atoms in total. The molecule has 0 saturated carbocycles. The molecule has 2 aromatic rings. The number of benzene rings is 2. The van der Waals surface area contributed by atoms with E-state index in [2.05, 4.69) is 22.8 Å². The second kappa shape index (κ2) is 9.02. The first-order chi connectivity index (χ1) is 15.7. The third-order valence-electron chi connectivity index (χ3n) is 6.25. The molecule has 0 unspecified atom stereocenters. The van der Waals surface area contributed by atoms with Crippen LogP contribution in [0.5, 0.6) is 0 Å². The highest BCUT2D eigenvalue weighted by molar-refractivity contribution is 6.23. The van der Waals surface area contributed by atoms with Gasteiger partial charge in [-0.05, 0) is 43.7 Å². The van der Waals surface area contributed by atoms with E-state index < -0.39 is 23.6 Å². The Bertz CT molecular complexity index is 1100. The van der Waals surface area contributed by atoms with E-state index >= 15 is 0 Å². The summed E-state index contributed by atoms with van der Waals surface area (Å²) >= 11 is 0. The van der Waals surface area contributed by atoms with Crippen molar-refractivity contribution in [1.82, 2.24) is 9.80 Å². The van der Waals surface area contributed by atoms with Crippen LogP contribution in [0.15, 0.2) is 54.1 Å². The smallest absolute Gasteiger partial charge is 0.368 e. The summed E-state index contributed by atoms with van der Waals surface area (Å²) in [5.41, 5.74) is 2.11. The van der Waals surface area contributed by atoms with Crippen LogP contribution < -0.4 is 4.90 Å². The van der Waals surface area contributed by atoms with E-state index in [9.17, 15) is 22.8 Å². The van der Waals surface area contributed by atoms with Crippen molar-refractivity contribution in [2.24, 2.45) is 0 Å². The maximum Gasteiger partial charge on any atom is 0.416 e. The second-order valence-electron chi connectivity index (χ2n) is 8.49. The molecule has 0 radical (unpaired) electrons. The fourth-order valence-corrected chi connectivity index (χ4v) is 4.34. The molecule has 0 aliphatic carbocycles. The number of carbonyl (C=O) groups is 2. The molecule has 33 heavy (non-hydrogen) atoms. The van der Waals surface area contributed by atoms with Crippen molar-refractivity contribution in [2.45, 2.75) is 26.6 Å². The molecule has 4 rings (SSSR count). The summed E-state index contributed by atoms with van der Waals surface area (Å²) in [6, 6.07) is 9.94. The molecule has 174 valence electrons. The molecule has 2 aliphatic rings. The van der Waals surface area contributed by atoms with E-state index in [1.54, 1.807) is 12.1 Å². The summed E-state index contributed by atoms with van der Waals surface area (Å²) < 4.78 is 39.2. The number of halogens is 3. The van der Waals surface area contributed by atoms with E-state index in [1.165, 1.54) is 17.7 Å². The number of hydrogen-bond acceptors (Lipinski definition) is 4. The predicted octanol–water partition coefficient (Wildman–Crippen LogP) is 4.59. The van der Waals surface area contributed by atoms with Gasteiger partial charge in [-0.15, -0.1) is 0 Å². The van der Waals surface area contributed by atoms with Gasteiger partial charge in [-0.1, -0.05) is 29.8 Å². The van der Waals surface area contributed by atoms with Gasteiger partial charge >= 0.3 is 6.18 Å². The Morgan fingerprint density at radius 3 is 2.36 bits per heavy atom. The van der Waals surface area contributed by atoms with E-state index in [1.807, 2.05) is 13.0 Å². The molecule has 2 amide bonds. The first-order valence-electron chi connectivity index (χ1n) is 10.9. The van der Waals surface area contributed by atoms with Gasteiger partial charge < -0.3 is 4.90 Å². The molecule has 0 N–H and O–H groups in total. The van der Waals surface area contributed by atoms with E-state index in [-0.39, 0.29) is 12.1 Å². The molecule has 2 heterocycles. The monoisotopic (exact) mass is 457 g/mol. The lowest BCUT2D eigenvalue weighted by molar-refractivity contribution is -0.137. The van der Waals surface area contributed by atoms with Gasteiger partial charge in [-0.25, -0.2) is 0 Å². The third-order valence-corrected chi connectivity index (χ3v) is 6.25. The van der Waals surface area contributed by atoms with Crippen molar-refractivity contribution in [3.63, 3.8) is 0 Å². The standard InChI is InChI=1S/C25H26F3N3O2/c1-3-17(2)15-29-10-12-30(13-11-29)21-9-5-8-20-22(21)24(33)31(23(20)32)16-18-6-4-7-19(14-18)25(26,27)28/h3-9,14H,10-13,15-16H2,1-2H3. The third kappa shape index (κ3) is 4.66. The molecule has 1 saturated heterocycles. The Morgan fingerprint density at radius 1 is 1.00 bits per heavy atom. The second-order valence-corrected chi connectivity index (χ2v) is 8.49. The molecule has 2 aliphatic heterocycles. The first kappa shape index (κ1) is 23.0. The lowest BCUT2D eigenvalue weighted by Gasteiger charge is -2.36. The molecule has 8 heteroatoms. The molecule has 0 aromatic heterocycles. The zero-order chi connectivity index (χ0) is 23.8. The van der Waals surface area contributed by atoms with Gasteiger partial charge in [0, 0.05) is 32.7 Å².